The molecule has 2 aromatic heterocycles. The highest BCUT2D eigenvalue weighted by Crippen LogP contribution is 2.50. The van der Waals surface area contributed by atoms with Crippen molar-refractivity contribution in [3.05, 3.63) is 193 Å². The SMILES string of the molecule is C1=CC2c3cccc(-c4cccc(-n5c6ccccc6c6ccc7c(c8ccccc8n7-c7ccccc7)c65)c4)c3OC2C(c2ccccc2)=C1. The fraction of sp³-hybridized carbons (Fsp3) is 0.0417. The molecule has 7 aromatic carbocycles. The molecule has 1 aliphatic heterocycles. The maximum Gasteiger partial charge on any atom is 0.135 e. The van der Waals surface area contributed by atoms with Gasteiger partial charge in [0.25, 0.3) is 0 Å². The molecule has 11 rings (SSSR count). The van der Waals surface area contributed by atoms with E-state index in [0.29, 0.717) is 0 Å². The molecule has 9 aromatic rings. The number of benzene rings is 7. The van der Waals surface area contributed by atoms with Gasteiger partial charge in [-0.15, -0.1) is 0 Å². The molecule has 51 heavy (non-hydrogen) atoms. The van der Waals surface area contributed by atoms with Crippen LogP contribution in [0.15, 0.2) is 182 Å². The lowest BCUT2D eigenvalue weighted by atomic mass is 9.84. The molecule has 2 unspecified atom stereocenters. The molecule has 2 atom stereocenters. The molecule has 0 fully saturated rings. The maximum atomic E-state index is 6.96. The van der Waals surface area contributed by atoms with E-state index in [-0.39, 0.29) is 12.0 Å². The van der Waals surface area contributed by atoms with Crippen LogP contribution in [0.4, 0.5) is 0 Å². The van der Waals surface area contributed by atoms with Crippen LogP contribution in [0.2, 0.25) is 0 Å². The zero-order valence-corrected chi connectivity index (χ0v) is 27.8. The Morgan fingerprint density at radius 1 is 0.490 bits per heavy atom. The number of nitrogens with zero attached hydrogens (tertiary/aromatic N) is 2. The third kappa shape index (κ3) is 4.12. The molecule has 0 spiro atoms. The van der Waals surface area contributed by atoms with Crippen molar-refractivity contribution in [3.63, 3.8) is 0 Å². The van der Waals surface area contributed by atoms with Crippen molar-refractivity contribution in [3.8, 4) is 28.3 Å². The Labute approximate surface area is 295 Å². The molecule has 0 saturated carbocycles. The number of allylic oxidation sites excluding steroid dienone is 2. The first-order chi connectivity index (χ1) is 25.3. The fourth-order valence-corrected chi connectivity index (χ4v) is 8.71. The van der Waals surface area contributed by atoms with Gasteiger partial charge in [0.15, 0.2) is 0 Å². The minimum atomic E-state index is -0.0516. The molecule has 0 bridgehead atoms. The summed E-state index contributed by atoms with van der Waals surface area (Å²) in [6.07, 6.45) is 6.63. The van der Waals surface area contributed by atoms with Gasteiger partial charge in [-0.25, -0.2) is 0 Å². The Hall–Kier alpha value is -6.58. The second-order valence-corrected chi connectivity index (χ2v) is 13.6. The first-order valence-corrected chi connectivity index (χ1v) is 17.7. The van der Waals surface area contributed by atoms with E-state index in [4.69, 9.17) is 4.74 Å². The molecule has 3 nitrogen and oxygen atoms in total. The van der Waals surface area contributed by atoms with Crippen LogP contribution in [-0.4, -0.2) is 15.2 Å². The van der Waals surface area contributed by atoms with Gasteiger partial charge >= 0.3 is 0 Å². The number of ether oxygens (including phenoxy) is 1. The summed E-state index contributed by atoms with van der Waals surface area (Å²) in [4.78, 5) is 0. The summed E-state index contributed by atoms with van der Waals surface area (Å²) in [5.41, 5.74) is 13.0. The van der Waals surface area contributed by atoms with Gasteiger partial charge in [0, 0.05) is 55.5 Å². The first kappa shape index (κ1) is 28.3. The Bertz CT molecular complexity index is 2890. The van der Waals surface area contributed by atoms with Crippen LogP contribution in [0, 0.1) is 0 Å². The molecule has 3 heteroatoms. The summed E-state index contributed by atoms with van der Waals surface area (Å²) in [7, 11) is 0. The lowest BCUT2D eigenvalue weighted by Crippen LogP contribution is -2.21. The first-order valence-electron chi connectivity index (χ1n) is 17.7. The second kappa shape index (κ2) is 11.0. The minimum Gasteiger partial charge on any atom is -0.484 e. The van der Waals surface area contributed by atoms with Crippen LogP contribution in [-0.2, 0) is 0 Å². The van der Waals surface area contributed by atoms with Crippen LogP contribution in [0.3, 0.4) is 0 Å². The molecule has 0 radical (unpaired) electrons. The van der Waals surface area contributed by atoms with Crippen LogP contribution < -0.4 is 4.74 Å². The molecular formula is C48H32N2O. The summed E-state index contributed by atoms with van der Waals surface area (Å²) < 4.78 is 11.8. The summed E-state index contributed by atoms with van der Waals surface area (Å²) in [6.45, 7) is 0. The largest absolute Gasteiger partial charge is 0.484 e. The van der Waals surface area contributed by atoms with Crippen molar-refractivity contribution in [2.75, 3.05) is 0 Å². The third-order valence-electron chi connectivity index (χ3n) is 10.9. The van der Waals surface area contributed by atoms with E-state index in [1.807, 2.05) is 0 Å². The molecule has 240 valence electrons. The quantitative estimate of drug-likeness (QED) is 0.185. The summed E-state index contributed by atoms with van der Waals surface area (Å²) in [5, 5.41) is 5.00. The number of hydrogen-bond acceptors (Lipinski definition) is 1. The van der Waals surface area contributed by atoms with E-state index in [1.54, 1.807) is 0 Å². The average Bonchev–Trinajstić information content (AvgIpc) is 3.86. The zero-order valence-electron chi connectivity index (χ0n) is 27.8. The molecule has 0 amide bonds. The predicted octanol–water partition coefficient (Wildman–Crippen LogP) is 12.0. The highest BCUT2D eigenvalue weighted by atomic mass is 16.5. The van der Waals surface area contributed by atoms with Crippen molar-refractivity contribution in [1.82, 2.24) is 9.13 Å². The van der Waals surface area contributed by atoms with Crippen molar-refractivity contribution in [2.45, 2.75) is 12.0 Å². The van der Waals surface area contributed by atoms with Gasteiger partial charge < -0.3 is 13.9 Å². The molecule has 2 aliphatic rings. The van der Waals surface area contributed by atoms with Crippen LogP contribution >= 0.6 is 0 Å². The van der Waals surface area contributed by atoms with Crippen LogP contribution in [0.5, 0.6) is 5.75 Å². The van der Waals surface area contributed by atoms with Crippen molar-refractivity contribution in [2.24, 2.45) is 0 Å². The average molecular weight is 653 g/mol. The Balaban J connectivity index is 1.13. The van der Waals surface area contributed by atoms with E-state index in [1.165, 1.54) is 60.3 Å². The number of rotatable bonds is 4. The monoisotopic (exact) mass is 652 g/mol. The minimum absolute atomic E-state index is 0.0516. The van der Waals surface area contributed by atoms with E-state index in [9.17, 15) is 0 Å². The molecule has 0 N–H and O–H groups in total. The van der Waals surface area contributed by atoms with E-state index in [0.717, 1.165) is 28.3 Å². The van der Waals surface area contributed by atoms with Gasteiger partial charge in [0.2, 0.25) is 0 Å². The van der Waals surface area contributed by atoms with Crippen LogP contribution in [0.1, 0.15) is 17.0 Å². The molecule has 1 aliphatic carbocycles. The predicted molar refractivity (Wildman–Crippen MR) is 211 cm³/mol. The lowest BCUT2D eigenvalue weighted by molar-refractivity contribution is 0.279. The summed E-state index contributed by atoms with van der Waals surface area (Å²) >= 11 is 0. The zero-order chi connectivity index (χ0) is 33.5. The topological polar surface area (TPSA) is 19.1 Å². The summed E-state index contributed by atoms with van der Waals surface area (Å²) in [6, 6.07) is 59.2. The van der Waals surface area contributed by atoms with Gasteiger partial charge in [0.1, 0.15) is 11.9 Å². The smallest absolute Gasteiger partial charge is 0.135 e. The van der Waals surface area contributed by atoms with E-state index >= 15 is 0 Å². The standard InChI is InChI=1S/C48H32N2O/c1-3-14-31(15-4-1)35-22-12-24-39-40-25-13-23-36(48(40)51-47(35)39)32-16-11-19-34(30-32)50-42-26-9-7-20-37(42)38-28-29-44-45(46(38)50)41-21-8-10-27-43(41)49(44)33-17-5-2-6-18-33/h1-30,39,47H. The van der Waals surface area contributed by atoms with E-state index in [2.05, 4.69) is 191 Å². The number of hydrogen-bond donors (Lipinski definition) is 0. The van der Waals surface area contributed by atoms with Gasteiger partial charge in [-0.1, -0.05) is 140 Å². The molecular weight excluding hydrogens is 621 g/mol. The van der Waals surface area contributed by atoms with Crippen LogP contribution in [0.25, 0.3) is 71.7 Å². The highest BCUT2D eigenvalue weighted by molar-refractivity contribution is 6.26. The van der Waals surface area contributed by atoms with Crippen molar-refractivity contribution < 1.29 is 4.74 Å². The lowest BCUT2D eigenvalue weighted by Gasteiger charge is -2.23. The van der Waals surface area contributed by atoms with Crippen molar-refractivity contribution >= 4 is 49.2 Å². The Morgan fingerprint density at radius 2 is 1.18 bits per heavy atom. The second-order valence-electron chi connectivity index (χ2n) is 13.6. The number of aromatic nitrogens is 2. The van der Waals surface area contributed by atoms with Gasteiger partial charge in [0.05, 0.1) is 22.1 Å². The third-order valence-corrected chi connectivity index (χ3v) is 10.9. The van der Waals surface area contributed by atoms with Gasteiger partial charge in [-0.2, -0.15) is 0 Å². The van der Waals surface area contributed by atoms with Gasteiger partial charge in [-0.05, 0) is 53.6 Å². The number of fused-ring (bicyclic) bond motifs is 10. The Kier molecular flexibility index (Phi) is 6.08. The fourth-order valence-electron chi connectivity index (χ4n) is 8.71. The van der Waals surface area contributed by atoms with Gasteiger partial charge in [-0.3, -0.25) is 0 Å². The molecule has 3 heterocycles. The molecule has 0 saturated heterocycles. The number of para-hydroxylation sites is 4. The summed E-state index contributed by atoms with van der Waals surface area (Å²) in [5.74, 6) is 1.16. The Morgan fingerprint density at radius 3 is 2.02 bits per heavy atom. The van der Waals surface area contributed by atoms with Crippen molar-refractivity contribution in [1.29, 1.82) is 0 Å². The van der Waals surface area contributed by atoms with E-state index < -0.39 is 0 Å². The maximum absolute atomic E-state index is 6.96. The normalized spacial score (nSPS) is 16.4. The highest BCUT2D eigenvalue weighted by Gasteiger charge is 2.38.